The van der Waals surface area contributed by atoms with Gasteiger partial charge in [-0.3, -0.25) is 4.79 Å². The topological polar surface area (TPSA) is 85.3 Å². The molecule has 0 unspecified atom stereocenters. The van der Waals surface area contributed by atoms with E-state index in [9.17, 15) is 4.79 Å². The van der Waals surface area contributed by atoms with Crippen molar-refractivity contribution in [2.24, 2.45) is 5.73 Å². The van der Waals surface area contributed by atoms with E-state index in [-0.39, 0.29) is 5.57 Å². The fraction of sp³-hybridized carbons (Fsp3) is 0.286. The number of hydrogen-bond donors (Lipinski definition) is 1. The van der Waals surface area contributed by atoms with Crippen molar-refractivity contribution in [3.63, 3.8) is 0 Å². The van der Waals surface area contributed by atoms with Gasteiger partial charge in [0.25, 0.3) is 5.91 Å². The summed E-state index contributed by atoms with van der Waals surface area (Å²) in [6.45, 7) is 2.49. The largest absolute Gasteiger partial charge is 0.493 e. The van der Waals surface area contributed by atoms with Crippen LogP contribution in [0.25, 0.3) is 6.08 Å². The first kappa shape index (κ1) is 15.9. The van der Waals surface area contributed by atoms with Gasteiger partial charge in [0.15, 0.2) is 11.5 Å². The highest BCUT2D eigenvalue weighted by Crippen LogP contribution is 2.37. The molecule has 0 atom stereocenters. The molecule has 106 valence electrons. The SMILES string of the molecule is CCCOc1c(Cl)cc(/C=C(\C#N)C(N)=O)cc1OC. The molecule has 1 aromatic rings. The molecule has 20 heavy (non-hydrogen) atoms. The minimum atomic E-state index is -0.797. The third-order valence-corrected chi connectivity index (χ3v) is 2.68. The predicted octanol–water partition coefficient (Wildman–Crippen LogP) is 2.53. The molecule has 0 saturated carbocycles. The molecule has 1 amide bonds. The van der Waals surface area contributed by atoms with Gasteiger partial charge in [-0.2, -0.15) is 5.26 Å². The predicted molar refractivity (Wildman–Crippen MR) is 76.6 cm³/mol. The number of nitriles is 1. The highest BCUT2D eigenvalue weighted by molar-refractivity contribution is 6.32. The second-order valence-electron chi connectivity index (χ2n) is 3.92. The Morgan fingerprint density at radius 2 is 2.25 bits per heavy atom. The Morgan fingerprint density at radius 3 is 2.75 bits per heavy atom. The van der Waals surface area contributed by atoms with Crippen LogP contribution in [0.4, 0.5) is 0 Å². The van der Waals surface area contributed by atoms with Crippen molar-refractivity contribution in [3.05, 3.63) is 28.3 Å². The number of amides is 1. The normalized spacial score (nSPS) is 10.8. The monoisotopic (exact) mass is 294 g/mol. The van der Waals surface area contributed by atoms with Crippen molar-refractivity contribution in [2.45, 2.75) is 13.3 Å². The van der Waals surface area contributed by atoms with Gasteiger partial charge in [-0.25, -0.2) is 0 Å². The maximum absolute atomic E-state index is 11.0. The molecule has 5 nitrogen and oxygen atoms in total. The van der Waals surface area contributed by atoms with E-state index < -0.39 is 5.91 Å². The Labute approximate surface area is 122 Å². The highest BCUT2D eigenvalue weighted by atomic mass is 35.5. The van der Waals surface area contributed by atoms with Crippen LogP contribution in [-0.2, 0) is 4.79 Å². The number of methoxy groups -OCH3 is 1. The van der Waals surface area contributed by atoms with Crippen LogP contribution in [0.3, 0.4) is 0 Å². The van der Waals surface area contributed by atoms with Crippen molar-refractivity contribution in [1.82, 2.24) is 0 Å². The van der Waals surface area contributed by atoms with Crippen LogP contribution < -0.4 is 15.2 Å². The van der Waals surface area contributed by atoms with Gasteiger partial charge >= 0.3 is 0 Å². The van der Waals surface area contributed by atoms with Gasteiger partial charge in [0.05, 0.1) is 18.7 Å². The summed E-state index contributed by atoms with van der Waals surface area (Å²) in [7, 11) is 1.48. The zero-order chi connectivity index (χ0) is 15.1. The summed E-state index contributed by atoms with van der Waals surface area (Å²) in [5.74, 6) is 0.0682. The zero-order valence-corrected chi connectivity index (χ0v) is 12.0. The zero-order valence-electron chi connectivity index (χ0n) is 11.3. The van der Waals surface area contributed by atoms with E-state index in [2.05, 4.69) is 0 Å². The summed E-state index contributed by atoms with van der Waals surface area (Å²) >= 11 is 6.12. The van der Waals surface area contributed by atoms with Crippen molar-refractivity contribution in [2.75, 3.05) is 13.7 Å². The Morgan fingerprint density at radius 1 is 1.55 bits per heavy atom. The summed E-state index contributed by atoms with van der Waals surface area (Å²) in [6.07, 6.45) is 2.18. The summed E-state index contributed by atoms with van der Waals surface area (Å²) in [4.78, 5) is 11.0. The fourth-order valence-corrected chi connectivity index (χ4v) is 1.77. The molecule has 1 rings (SSSR count). The number of rotatable bonds is 6. The van der Waals surface area contributed by atoms with Gasteiger partial charge in [-0.05, 0) is 30.2 Å². The molecule has 2 N–H and O–H groups in total. The molecule has 0 heterocycles. The number of halogens is 1. The van der Waals surface area contributed by atoms with Gasteiger partial charge in [0.1, 0.15) is 11.6 Å². The fourth-order valence-electron chi connectivity index (χ4n) is 1.49. The summed E-state index contributed by atoms with van der Waals surface area (Å²) in [5.41, 5.74) is 5.45. The molecule has 0 spiro atoms. The number of carbonyl (C=O) groups excluding carboxylic acids is 1. The van der Waals surface area contributed by atoms with E-state index in [1.54, 1.807) is 18.2 Å². The van der Waals surface area contributed by atoms with Crippen LogP contribution in [0.2, 0.25) is 5.02 Å². The number of ether oxygens (including phenoxy) is 2. The Kier molecular flexibility index (Phi) is 5.88. The lowest BCUT2D eigenvalue weighted by Crippen LogP contribution is -2.12. The molecule has 0 aromatic heterocycles. The number of hydrogen-bond acceptors (Lipinski definition) is 4. The van der Waals surface area contributed by atoms with Crippen LogP contribution in [0.5, 0.6) is 11.5 Å². The second-order valence-corrected chi connectivity index (χ2v) is 4.32. The number of benzene rings is 1. The lowest BCUT2D eigenvalue weighted by Gasteiger charge is -2.12. The molecule has 0 radical (unpaired) electrons. The Balaban J connectivity index is 3.23. The lowest BCUT2D eigenvalue weighted by atomic mass is 10.1. The van der Waals surface area contributed by atoms with E-state index in [1.807, 2.05) is 6.92 Å². The summed E-state index contributed by atoms with van der Waals surface area (Å²) < 4.78 is 10.7. The first-order valence-corrected chi connectivity index (χ1v) is 6.33. The Hall–Kier alpha value is -2.19. The van der Waals surface area contributed by atoms with Gasteiger partial charge in [-0.15, -0.1) is 0 Å². The Bertz CT molecular complexity index is 577. The van der Waals surface area contributed by atoms with Gasteiger partial charge in [-0.1, -0.05) is 18.5 Å². The average Bonchev–Trinajstić information content (AvgIpc) is 2.42. The molecular formula is C14H15ClN2O3. The second kappa shape index (κ2) is 7.41. The molecule has 0 aliphatic carbocycles. The first-order chi connectivity index (χ1) is 9.53. The molecule has 0 saturated heterocycles. The maximum atomic E-state index is 11.0. The number of nitrogens with two attached hydrogens (primary N) is 1. The third kappa shape index (κ3) is 3.90. The van der Waals surface area contributed by atoms with Crippen molar-refractivity contribution >= 4 is 23.6 Å². The van der Waals surface area contributed by atoms with Crippen LogP contribution >= 0.6 is 11.6 Å². The number of primary amides is 1. The van der Waals surface area contributed by atoms with E-state index in [0.717, 1.165) is 6.42 Å². The first-order valence-electron chi connectivity index (χ1n) is 5.95. The summed E-state index contributed by atoms with van der Waals surface area (Å²) in [5, 5.41) is 9.15. The van der Waals surface area contributed by atoms with Gasteiger partial charge in [0, 0.05) is 0 Å². The molecule has 0 fully saturated rings. The molecule has 0 bridgehead atoms. The third-order valence-electron chi connectivity index (χ3n) is 2.40. The van der Waals surface area contributed by atoms with Crippen LogP contribution in [0, 0.1) is 11.3 Å². The summed E-state index contributed by atoms with van der Waals surface area (Å²) in [6, 6.07) is 4.93. The smallest absolute Gasteiger partial charge is 0.259 e. The minimum Gasteiger partial charge on any atom is -0.493 e. The molecule has 0 aliphatic heterocycles. The maximum Gasteiger partial charge on any atom is 0.259 e. The average molecular weight is 295 g/mol. The van der Waals surface area contributed by atoms with Crippen molar-refractivity contribution < 1.29 is 14.3 Å². The minimum absolute atomic E-state index is 0.162. The van der Waals surface area contributed by atoms with Crippen LogP contribution in [0.15, 0.2) is 17.7 Å². The molecule has 6 heteroatoms. The van der Waals surface area contributed by atoms with Crippen molar-refractivity contribution in [3.8, 4) is 17.6 Å². The van der Waals surface area contributed by atoms with E-state index in [0.29, 0.717) is 28.7 Å². The highest BCUT2D eigenvalue weighted by Gasteiger charge is 2.12. The standard InChI is InChI=1S/C14H15ClN2O3/c1-3-4-20-13-11(15)6-9(7-12(13)19-2)5-10(8-16)14(17)18/h5-7H,3-4H2,1-2H3,(H2,17,18)/b10-5+. The van der Waals surface area contributed by atoms with Gasteiger partial charge in [0.2, 0.25) is 0 Å². The van der Waals surface area contributed by atoms with Crippen LogP contribution in [0.1, 0.15) is 18.9 Å². The van der Waals surface area contributed by atoms with Crippen molar-refractivity contribution in [1.29, 1.82) is 5.26 Å². The van der Waals surface area contributed by atoms with Crippen LogP contribution in [-0.4, -0.2) is 19.6 Å². The number of carbonyl (C=O) groups is 1. The molecule has 1 aromatic carbocycles. The molecular weight excluding hydrogens is 280 g/mol. The van der Waals surface area contributed by atoms with E-state index in [1.165, 1.54) is 13.2 Å². The van der Waals surface area contributed by atoms with E-state index >= 15 is 0 Å². The number of nitrogens with zero attached hydrogens (tertiary/aromatic N) is 1. The quantitative estimate of drug-likeness (QED) is 0.645. The van der Waals surface area contributed by atoms with E-state index in [4.69, 9.17) is 32.1 Å². The molecule has 0 aliphatic rings. The van der Waals surface area contributed by atoms with Gasteiger partial charge < -0.3 is 15.2 Å². The lowest BCUT2D eigenvalue weighted by molar-refractivity contribution is -0.114.